The molecule has 4 amide bonds. The number of rotatable bonds is 2. The second-order valence-corrected chi connectivity index (χ2v) is 8.65. The number of nitrogens with zero attached hydrogens (tertiary/aromatic N) is 1. The van der Waals surface area contributed by atoms with Crippen LogP contribution in [0.3, 0.4) is 0 Å². The van der Waals surface area contributed by atoms with Gasteiger partial charge in [-0.2, -0.15) is 0 Å². The van der Waals surface area contributed by atoms with Gasteiger partial charge in [0.05, 0.1) is 9.26 Å². The lowest BCUT2D eigenvalue weighted by molar-refractivity contribution is -0.122. The largest absolute Gasteiger partial charge is 0.506 e. The number of nitrogens with one attached hydrogen (secondary N) is 1. The minimum absolute atomic E-state index is 0.0603. The molecule has 138 valence electrons. The number of carbonyl (C=O) groups excluding carboxylic acids is 3. The smallest absolute Gasteiger partial charge is 0.335 e. The summed E-state index contributed by atoms with van der Waals surface area (Å²) in [6, 6.07) is 7.43. The van der Waals surface area contributed by atoms with Crippen molar-refractivity contribution in [2.45, 2.75) is 6.92 Å². The molecule has 2 aromatic rings. The molecule has 0 radical (unpaired) electrons. The molecule has 27 heavy (non-hydrogen) atoms. The number of benzene rings is 2. The van der Waals surface area contributed by atoms with E-state index in [9.17, 15) is 19.5 Å². The lowest BCUT2D eigenvalue weighted by Gasteiger charge is -2.26. The number of aromatic hydroxyl groups is 1. The summed E-state index contributed by atoms with van der Waals surface area (Å²) >= 11 is 8.62. The number of urea groups is 1. The van der Waals surface area contributed by atoms with E-state index >= 15 is 0 Å². The Hall–Kier alpha value is -1.72. The van der Waals surface area contributed by atoms with Crippen molar-refractivity contribution < 1.29 is 19.5 Å². The number of halogens is 3. The molecular weight excluding hydrogens is 595 g/mol. The maximum Gasteiger partial charge on any atom is 0.335 e. The maximum atomic E-state index is 12.9. The highest BCUT2D eigenvalue weighted by Gasteiger charge is 2.37. The van der Waals surface area contributed by atoms with Gasteiger partial charge in [-0.1, -0.05) is 31.9 Å². The number of imide groups is 2. The minimum Gasteiger partial charge on any atom is -0.506 e. The van der Waals surface area contributed by atoms with Crippen LogP contribution in [0.5, 0.6) is 5.75 Å². The molecule has 1 saturated heterocycles. The van der Waals surface area contributed by atoms with Crippen molar-refractivity contribution in [2.24, 2.45) is 0 Å². The van der Waals surface area contributed by atoms with Crippen molar-refractivity contribution in [2.75, 3.05) is 4.90 Å². The second-order valence-electron chi connectivity index (χ2n) is 5.72. The average molecular weight is 606 g/mol. The number of anilines is 1. The molecule has 0 aliphatic carbocycles. The lowest BCUT2D eigenvalue weighted by atomic mass is 10.1. The zero-order valence-electron chi connectivity index (χ0n) is 13.7. The Balaban J connectivity index is 2.09. The fourth-order valence-electron chi connectivity index (χ4n) is 2.51. The van der Waals surface area contributed by atoms with Crippen LogP contribution < -0.4 is 10.2 Å². The molecule has 1 heterocycles. The van der Waals surface area contributed by atoms with Crippen molar-refractivity contribution in [3.63, 3.8) is 0 Å². The molecule has 1 aliphatic heterocycles. The van der Waals surface area contributed by atoms with Gasteiger partial charge in [-0.05, 0) is 71.5 Å². The van der Waals surface area contributed by atoms with Crippen LogP contribution >= 0.6 is 54.5 Å². The molecule has 3 rings (SSSR count). The highest BCUT2D eigenvalue weighted by Crippen LogP contribution is 2.32. The Morgan fingerprint density at radius 3 is 2.52 bits per heavy atom. The zero-order chi connectivity index (χ0) is 19.9. The summed E-state index contributed by atoms with van der Waals surface area (Å²) in [5.74, 6) is -1.64. The third kappa shape index (κ3) is 3.94. The van der Waals surface area contributed by atoms with Gasteiger partial charge in [0.25, 0.3) is 11.8 Å². The maximum absolute atomic E-state index is 12.9. The molecule has 6 nitrogen and oxygen atoms in total. The monoisotopic (exact) mass is 604 g/mol. The van der Waals surface area contributed by atoms with Crippen molar-refractivity contribution in [1.29, 1.82) is 0 Å². The van der Waals surface area contributed by atoms with Crippen molar-refractivity contribution >= 4 is 84.1 Å². The summed E-state index contributed by atoms with van der Waals surface area (Å²) in [4.78, 5) is 38.3. The number of barbiturate groups is 1. The second kappa shape index (κ2) is 7.72. The SMILES string of the molecule is Cc1cc(N2C(=O)NC(=O)/C(=C/c3cc(Br)cc(I)c3O)C2=O)ccc1Br. The Kier molecular flexibility index (Phi) is 5.73. The van der Waals surface area contributed by atoms with Crippen LogP contribution in [0.4, 0.5) is 10.5 Å². The zero-order valence-corrected chi connectivity index (χ0v) is 19.0. The van der Waals surface area contributed by atoms with Crippen molar-refractivity contribution in [1.82, 2.24) is 5.32 Å². The number of hydrogen-bond acceptors (Lipinski definition) is 4. The van der Waals surface area contributed by atoms with Gasteiger partial charge in [-0.15, -0.1) is 0 Å². The van der Waals surface area contributed by atoms with Crippen LogP contribution in [-0.2, 0) is 9.59 Å². The van der Waals surface area contributed by atoms with Gasteiger partial charge in [0, 0.05) is 14.5 Å². The summed E-state index contributed by atoms with van der Waals surface area (Å²) < 4.78 is 2.06. The van der Waals surface area contributed by atoms with Crippen LogP contribution in [0.25, 0.3) is 6.08 Å². The summed E-state index contributed by atoms with van der Waals surface area (Å²) in [6.45, 7) is 1.82. The van der Waals surface area contributed by atoms with E-state index in [1.807, 2.05) is 29.5 Å². The molecule has 9 heteroatoms. The summed E-state index contributed by atoms with van der Waals surface area (Å²) in [5.41, 5.74) is 1.20. The predicted octanol–water partition coefficient (Wildman–Crippen LogP) is 4.50. The van der Waals surface area contributed by atoms with Crippen LogP contribution in [0.15, 0.2) is 44.9 Å². The lowest BCUT2D eigenvalue weighted by Crippen LogP contribution is -2.54. The van der Waals surface area contributed by atoms with E-state index in [0.717, 1.165) is 14.9 Å². The van der Waals surface area contributed by atoms with E-state index in [4.69, 9.17) is 0 Å². The van der Waals surface area contributed by atoms with E-state index in [1.54, 1.807) is 30.3 Å². The third-order valence-electron chi connectivity index (χ3n) is 3.86. The van der Waals surface area contributed by atoms with Crippen LogP contribution in [-0.4, -0.2) is 23.0 Å². The predicted molar refractivity (Wildman–Crippen MR) is 116 cm³/mol. The summed E-state index contributed by atoms with van der Waals surface area (Å²) in [6.07, 6.45) is 1.27. The fourth-order valence-corrected chi connectivity index (χ4v) is 4.31. The third-order valence-corrected chi connectivity index (χ3v) is 6.03. The molecule has 0 spiro atoms. The molecule has 2 N–H and O–H groups in total. The molecule has 0 unspecified atom stereocenters. The van der Waals surface area contributed by atoms with E-state index in [1.165, 1.54) is 6.08 Å². The van der Waals surface area contributed by atoms with Gasteiger partial charge in [0.2, 0.25) is 0 Å². The number of amides is 4. The fraction of sp³-hybridized carbons (Fsp3) is 0.0556. The number of carbonyl (C=O) groups is 3. The topological polar surface area (TPSA) is 86.7 Å². The summed E-state index contributed by atoms with van der Waals surface area (Å²) in [5, 5.41) is 12.4. The first-order chi connectivity index (χ1) is 12.7. The first-order valence-corrected chi connectivity index (χ1v) is 10.2. The first-order valence-electron chi connectivity index (χ1n) is 7.54. The molecule has 1 aliphatic rings. The quantitative estimate of drug-likeness (QED) is 0.300. The average Bonchev–Trinajstić information content (AvgIpc) is 2.58. The molecule has 0 bridgehead atoms. The van der Waals surface area contributed by atoms with Gasteiger partial charge < -0.3 is 5.11 Å². The van der Waals surface area contributed by atoms with Gasteiger partial charge in [0.1, 0.15) is 11.3 Å². The van der Waals surface area contributed by atoms with E-state index in [2.05, 4.69) is 37.2 Å². The summed E-state index contributed by atoms with van der Waals surface area (Å²) in [7, 11) is 0. The van der Waals surface area contributed by atoms with Crippen molar-refractivity contribution in [3.8, 4) is 5.75 Å². The highest BCUT2D eigenvalue weighted by atomic mass is 127. The molecule has 0 atom stereocenters. The normalized spacial score (nSPS) is 16.1. The Morgan fingerprint density at radius 1 is 1.15 bits per heavy atom. The van der Waals surface area contributed by atoms with Gasteiger partial charge in [0.15, 0.2) is 0 Å². The standard InChI is InChI=1S/C18H11Br2IN2O4/c1-8-4-11(2-3-13(8)20)23-17(26)12(16(25)22-18(23)27)6-9-5-10(19)7-14(21)15(9)24/h2-7,24H,1H3,(H,22,25,27)/b12-6-. The molecular formula is C18H11Br2IN2O4. The van der Waals surface area contributed by atoms with E-state index in [0.29, 0.717) is 13.7 Å². The van der Waals surface area contributed by atoms with Crippen molar-refractivity contribution in [3.05, 3.63) is 59.5 Å². The van der Waals surface area contributed by atoms with Crippen LogP contribution in [0.1, 0.15) is 11.1 Å². The van der Waals surface area contributed by atoms with E-state index in [-0.39, 0.29) is 16.9 Å². The minimum atomic E-state index is -0.822. The number of aryl methyl sites for hydroxylation is 1. The Labute approximate surface area is 185 Å². The number of hydrogen-bond donors (Lipinski definition) is 2. The van der Waals surface area contributed by atoms with E-state index < -0.39 is 17.8 Å². The van der Waals surface area contributed by atoms with Gasteiger partial charge in [-0.25, -0.2) is 9.69 Å². The Morgan fingerprint density at radius 2 is 1.85 bits per heavy atom. The molecule has 2 aromatic carbocycles. The molecule has 1 fully saturated rings. The van der Waals surface area contributed by atoms with Crippen LogP contribution in [0, 0.1) is 10.5 Å². The van der Waals surface area contributed by atoms with Gasteiger partial charge >= 0.3 is 6.03 Å². The van der Waals surface area contributed by atoms with Gasteiger partial charge in [-0.3, -0.25) is 14.9 Å². The van der Waals surface area contributed by atoms with Crippen LogP contribution in [0.2, 0.25) is 0 Å². The highest BCUT2D eigenvalue weighted by molar-refractivity contribution is 14.1. The molecule has 0 aromatic heterocycles. The first kappa shape index (κ1) is 20.0. The molecule has 0 saturated carbocycles. The Bertz CT molecular complexity index is 1040. The number of phenols is 1. The number of phenolic OH excluding ortho intramolecular Hbond substituents is 1.